The van der Waals surface area contributed by atoms with Crippen LogP contribution in [0.2, 0.25) is 0 Å². The Morgan fingerprint density at radius 2 is 2.12 bits per heavy atom. The number of alkyl halides is 2. The molecule has 2 rings (SSSR count). The predicted octanol–water partition coefficient (Wildman–Crippen LogP) is 4.44. The smallest absolute Gasteiger partial charge is 0.273 e. The molecule has 17 heavy (non-hydrogen) atoms. The number of hydrogen-bond donors (Lipinski definition) is 0. The van der Waals surface area contributed by atoms with E-state index in [4.69, 9.17) is 4.74 Å². The van der Waals surface area contributed by atoms with Crippen molar-refractivity contribution < 1.29 is 13.5 Å². The van der Waals surface area contributed by atoms with Gasteiger partial charge in [0.2, 0.25) is 0 Å². The Kier molecular flexibility index (Phi) is 3.25. The summed E-state index contributed by atoms with van der Waals surface area (Å²) in [5.41, 5.74) is 1.63. The van der Waals surface area contributed by atoms with Crippen LogP contribution in [0.1, 0.15) is 24.5 Å². The van der Waals surface area contributed by atoms with Gasteiger partial charge in [0, 0.05) is 22.0 Å². The van der Waals surface area contributed by atoms with Crippen LogP contribution >= 0.6 is 15.9 Å². The number of rotatable bonds is 1. The van der Waals surface area contributed by atoms with Gasteiger partial charge in [-0.15, -0.1) is 0 Å². The van der Waals surface area contributed by atoms with Crippen molar-refractivity contribution in [1.29, 1.82) is 0 Å². The Hall–Kier alpha value is -0.900. The summed E-state index contributed by atoms with van der Waals surface area (Å²) in [5.74, 6) is -2.05. The first-order chi connectivity index (χ1) is 7.99. The molecule has 0 heterocycles. The Balaban J connectivity index is 2.63. The van der Waals surface area contributed by atoms with Gasteiger partial charge in [-0.3, -0.25) is 0 Å². The summed E-state index contributed by atoms with van der Waals surface area (Å²) in [6, 6.07) is 3.56. The minimum atomic E-state index is -2.74. The molecule has 1 nitrogen and oxygen atoms in total. The van der Waals surface area contributed by atoms with Crippen LogP contribution in [0.4, 0.5) is 8.78 Å². The molecule has 0 fully saturated rings. The second kappa shape index (κ2) is 4.41. The fourth-order valence-electron chi connectivity index (χ4n) is 2.22. The van der Waals surface area contributed by atoms with E-state index in [0.29, 0.717) is 22.2 Å². The van der Waals surface area contributed by atoms with Crippen molar-refractivity contribution >= 4 is 21.5 Å². The number of fused-ring (bicyclic) bond motifs is 1. The van der Waals surface area contributed by atoms with E-state index in [1.54, 1.807) is 20.1 Å². The standard InChI is InChI=1S/C13H13BrF2O/c1-3-10-12-8(4-5-13(10,15)16)6-9(17-2)7-11(12)14/h3,6-7H,4-5H2,1-2H3. The number of aryl methyl sites for hydroxylation is 1. The lowest BCUT2D eigenvalue weighted by Crippen LogP contribution is -2.25. The van der Waals surface area contributed by atoms with E-state index in [1.165, 1.54) is 6.08 Å². The van der Waals surface area contributed by atoms with Gasteiger partial charge in [-0.25, -0.2) is 8.78 Å². The second-order valence-electron chi connectivity index (χ2n) is 4.05. The Labute approximate surface area is 108 Å². The number of halogens is 3. The van der Waals surface area contributed by atoms with E-state index in [2.05, 4.69) is 15.9 Å². The first-order valence-electron chi connectivity index (χ1n) is 5.41. The highest BCUT2D eigenvalue weighted by atomic mass is 79.9. The molecule has 1 aliphatic rings. The Bertz CT molecular complexity index is 481. The average molecular weight is 303 g/mol. The number of ether oxygens (including phenoxy) is 1. The number of hydrogen-bond acceptors (Lipinski definition) is 1. The van der Waals surface area contributed by atoms with Crippen LogP contribution in [-0.2, 0) is 6.42 Å². The maximum absolute atomic E-state index is 13.8. The van der Waals surface area contributed by atoms with Gasteiger partial charge >= 0.3 is 0 Å². The Morgan fingerprint density at radius 3 is 2.71 bits per heavy atom. The zero-order chi connectivity index (χ0) is 12.6. The largest absolute Gasteiger partial charge is 0.497 e. The van der Waals surface area contributed by atoms with Gasteiger partial charge in [0.05, 0.1) is 7.11 Å². The lowest BCUT2D eigenvalue weighted by atomic mass is 9.84. The highest BCUT2D eigenvalue weighted by molar-refractivity contribution is 9.10. The minimum absolute atomic E-state index is 0.105. The van der Waals surface area contributed by atoms with Crippen molar-refractivity contribution in [3.05, 3.63) is 33.8 Å². The third-order valence-electron chi connectivity index (χ3n) is 3.04. The summed E-state index contributed by atoms with van der Waals surface area (Å²) in [7, 11) is 1.57. The third-order valence-corrected chi connectivity index (χ3v) is 3.67. The lowest BCUT2D eigenvalue weighted by molar-refractivity contribution is 0.0539. The summed E-state index contributed by atoms with van der Waals surface area (Å²) >= 11 is 3.35. The molecule has 1 aliphatic carbocycles. The molecule has 0 saturated carbocycles. The van der Waals surface area contributed by atoms with Crippen molar-refractivity contribution in [2.75, 3.05) is 7.11 Å². The molecule has 0 radical (unpaired) electrons. The third kappa shape index (κ3) is 2.10. The molecular weight excluding hydrogens is 290 g/mol. The molecule has 0 spiro atoms. The van der Waals surface area contributed by atoms with Crippen LogP contribution in [-0.4, -0.2) is 13.0 Å². The van der Waals surface area contributed by atoms with E-state index in [1.807, 2.05) is 6.07 Å². The van der Waals surface area contributed by atoms with Crippen LogP contribution in [0, 0.1) is 0 Å². The quantitative estimate of drug-likeness (QED) is 0.745. The summed E-state index contributed by atoms with van der Waals surface area (Å²) in [6.45, 7) is 1.65. The summed E-state index contributed by atoms with van der Waals surface area (Å²) < 4.78 is 33.4. The summed E-state index contributed by atoms with van der Waals surface area (Å²) in [5, 5.41) is 0. The van der Waals surface area contributed by atoms with Crippen LogP contribution in [0.25, 0.3) is 5.57 Å². The van der Waals surface area contributed by atoms with Gasteiger partial charge in [-0.2, -0.15) is 0 Å². The highest BCUT2D eigenvalue weighted by Gasteiger charge is 2.39. The van der Waals surface area contributed by atoms with Gasteiger partial charge < -0.3 is 4.74 Å². The highest BCUT2D eigenvalue weighted by Crippen LogP contribution is 2.46. The first kappa shape index (κ1) is 12.6. The maximum atomic E-state index is 13.8. The molecule has 0 atom stereocenters. The minimum Gasteiger partial charge on any atom is -0.497 e. The zero-order valence-electron chi connectivity index (χ0n) is 9.69. The van der Waals surface area contributed by atoms with Crippen LogP contribution in [0.5, 0.6) is 5.75 Å². The molecule has 0 aromatic heterocycles. The van der Waals surface area contributed by atoms with E-state index < -0.39 is 5.92 Å². The number of methoxy groups -OCH3 is 1. The molecule has 92 valence electrons. The van der Waals surface area contributed by atoms with Crippen LogP contribution < -0.4 is 4.74 Å². The van der Waals surface area contributed by atoms with Crippen molar-refractivity contribution in [3.63, 3.8) is 0 Å². The first-order valence-corrected chi connectivity index (χ1v) is 6.20. The number of benzene rings is 1. The fourth-order valence-corrected chi connectivity index (χ4v) is 2.91. The monoisotopic (exact) mass is 302 g/mol. The summed E-state index contributed by atoms with van der Waals surface area (Å²) in [6.07, 6.45) is 1.73. The van der Waals surface area contributed by atoms with Gasteiger partial charge in [-0.05, 0) is 31.0 Å². The lowest BCUT2D eigenvalue weighted by Gasteiger charge is -2.28. The van der Waals surface area contributed by atoms with Gasteiger partial charge in [-0.1, -0.05) is 22.0 Å². The molecule has 0 aliphatic heterocycles. The molecule has 1 aromatic carbocycles. The van der Waals surface area contributed by atoms with E-state index >= 15 is 0 Å². The molecule has 0 bridgehead atoms. The molecule has 0 N–H and O–H groups in total. The Morgan fingerprint density at radius 1 is 1.41 bits per heavy atom. The van der Waals surface area contributed by atoms with Crippen molar-refractivity contribution in [2.45, 2.75) is 25.7 Å². The molecule has 1 aromatic rings. The fraction of sp³-hybridized carbons (Fsp3) is 0.385. The topological polar surface area (TPSA) is 9.23 Å². The van der Waals surface area contributed by atoms with E-state index in [-0.39, 0.29) is 12.0 Å². The summed E-state index contributed by atoms with van der Waals surface area (Å²) in [4.78, 5) is 0. The molecule has 0 unspecified atom stereocenters. The zero-order valence-corrected chi connectivity index (χ0v) is 11.3. The van der Waals surface area contributed by atoms with E-state index in [9.17, 15) is 8.78 Å². The average Bonchev–Trinajstić information content (AvgIpc) is 2.29. The van der Waals surface area contributed by atoms with Gasteiger partial charge in [0.1, 0.15) is 5.75 Å². The van der Waals surface area contributed by atoms with Crippen molar-refractivity contribution in [3.8, 4) is 5.75 Å². The van der Waals surface area contributed by atoms with Crippen molar-refractivity contribution in [1.82, 2.24) is 0 Å². The maximum Gasteiger partial charge on any atom is 0.273 e. The molecule has 0 saturated heterocycles. The molecule has 0 amide bonds. The van der Waals surface area contributed by atoms with Crippen LogP contribution in [0.3, 0.4) is 0 Å². The van der Waals surface area contributed by atoms with Gasteiger partial charge in [0.25, 0.3) is 5.92 Å². The predicted molar refractivity (Wildman–Crippen MR) is 67.6 cm³/mol. The normalized spacial score (nSPS) is 20.2. The SMILES string of the molecule is CC=C1c2c(Br)cc(OC)cc2CCC1(F)F. The van der Waals surface area contributed by atoms with Crippen molar-refractivity contribution in [2.24, 2.45) is 0 Å². The molecule has 4 heteroatoms. The second-order valence-corrected chi connectivity index (χ2v) is 4.90. The van der Waals surface area contributed by atoms with Crippen LogP contribution in [0.15, 0.2) is 22.7 Å². The van der Waals surface area contributed by atoms with Gasteiger partial charge in [0.15, 0.2) is 0 Å². The van der Waals surface area contributed by atoms with E-state index in [0.717, 1.165) is 5.56 Å². The molecular formula is C13H13BrF2O. The number of allylic oxidation sites excluding steroid dienone is 2.